The minimum absolute atomic E-state index is 0.0422. The summed E-state index contributed by atoms with van der Waals surface area (Å²) in [6, 6.07) is 0. The van der Waals surface area contributed by atoms with Crippen molar-refractivity contribution in [2.75, 3.05) is 13.2 Å². The van der Waals surface area contributed by atoms with Crippen LogP contribution in [0.4, 0.5) is 0 Å². The number of carbonyl (C=O) groups excluding carboxylic acids is 1. The predicted molar refractivity (Wildman–Crippen MR) is 71.8 cm³/mol. The Bertz CT molecular complexity index is 273. The number of esters is 1. The number of aliphatic carboxylic acids is 1. The third kappa shape index (κ3) is 14.6. The van der Waals surface area contributed by atoms with E-state index in [1.165, 1.54) is 6.08 Å². The lowest BCUT2D eigenvalue weighted by molar-refractivity contribution is -0.142. The number of carbonyl (C=O) groups is 2. The molecule has 0 aromatic heterocycles. The van der Waals surface area contributed by atoms with Gasteiger partial charge >= 0.3 is 11.9 Å². The van der Waals surface area contributed by atoms with Gasteiger partial charge in [-0.15, -0.1) is 0 Å². The Morgan fingerprint density at radius 3 is 2.05 bits per heavy atom. The Balaban J connectivity index is 3.23. The zero-order chi connectivity index (χ0) is 14.3. The second-order valence-corrected chi connectivity index (χ2v) is 4.35. The molecule has 0 aromatic carbocycles. The highest BCUT2D eigenvalue weighted by Gasteiger charge is 2.01. The lowest BCUT2D eigenvalue weighted by Crippen LogP contribution is -2.04. The molecular formula is C14H24O5. The molecule has 0 bridgehead atoms. The first-order valence-electron chi connectivity index (χ1n) is 6.80. The molecule has 0 aliphatic carbocycles. The van der Waals surface area contributed by atoms with Crippen LogP contribution in [0.3, 0.4) is 0 Å². The zero-order valence-corrected chi connectivity index (χ0v) is 11.3. The first-order valence-corrected chi connectivity index (χ1v) is 6.80. The van der Waals surface area contributed by atoms with Gasteiger partial charge in [-0.3, -0.25) is 9.59 Å². The fourth-order valence-electron chi connectivity index (χ4n) is 1.61. The van der Waals surface area contributed by atoms with E-state index in [0.29, 0.717) is 6.42 Å². The van der Waals surface area contributed by atoms with Gasteiger partial charge in [-0.1, -0.05) is 31.8 Å². The van der Waals surface area contributed by atoms with Crippen molar-refractivity contribution in [3.8, 4) is 0 Å². The third-order valence-corrected chi connectivity index (χ3v) is 2.63. The summed E-state index contributed by atoms with van der Waals surface area (Å²) in [5, 5.41) is 16.9. The average Bonchev–Trinajstić information content (AvgIpc) is 2.37. The van der Waals surface area contributed by atoms with Crippen LogP contribution in [-0.2, 0) is 14.3 Å². The van der Waals surface area contributed by atoms with Crippen LogP contribution in [0.1, 0.15) is 51.4 Å². The Kier molecular flexibility index (Phi) is 12.1. The lowest BCUT2D eigenvalue weighted by atomic mass is 10.1. The van der Waals surface area contributed by atoms with Crippen LogP contribution in [0.5, 0.6) is 0 Å². The van der Waals surface area contributed by atoms with E-state index in [2.05, 4.69) is 0 Å². The molecule has 2 N–H and O–H groups in total. The average molecular weight is 272 g/mol. The summed E-state index contributed by atoms with van der Waals surface area (Å²) in [4.78, 5) is 21.5. The lowest BCUT2D eigenvalue weighted by Gasteiger charge is -2.02. The van der Waals surface area contributed by atoms with E-state index in [1.54, 1.807) is 6.08 Å². The van der Waals surface area contributed by atoms with Gasteiger partial charge in [0, 0.05) is 12.8 Å². The van der Waals surface area contributed by atoms with Crippen LogP contribution in [-0.4, -0.2) is 35.4 Å². The summed E-state index contributed by atoms with van der Waals surface area (Å²) in [6.45, 7) is 0.175. The van der Waals surface area contributed by atoms with Crippen LogP contribution in [0.25, 0.3) is 0 Å². The minimum atomic E-state index is -0.738. The monoisotopic (exact) mass is 272 g/mol. The number of aliphatic hydroxyl groups excluding tert-OH is 1. The molecule has 19 heavy (non-hydrogen) atoms. The summed E-state index contributed by atoms with van der Waals surface area (Å²) >= 11 is 0. The van der Waals surface area contributed by atoms with E-state index in [0.717, 1.165) is 38.5 Å². The molecule has 0 aromatic rings. The second kappa shape index (κ2) is 13.1. The number of carboxylic acid groups (broad SMARTS) is 1. The fraction of sp³-hybridized carbons (Fsp3) is 0.714. The summed E-state index contributed by atoms with van der Waals surface area (Å²) in [6.07, 6.45) is 9.28. The Morgan fingerprint density at radius 2 is 1.47 bits per heavy atom. The highest BCUT2D eigenvalue weighted by molar-refractivity contribution is 5.69. The van der Waals surface area contributed by atoms with Gasteiger partial charge in [0.25, 0.3) is 0 Å². The van der Waals surface area contributed by atoms with E-state index in [4.69, 9.17) is 14.9 Å². The number of hydrogen-bond donors (Lipinski definition) is 2. The number of rotatable bonds is 12. The molecule has 110 valence electrons. The molecule has 5 nitrogen and oxygen atoms in total. The van der Waals surface area contributed by atoms with Crippen molar-refractivity contribution in [2.24, 2.45) is 0 Å². The normalized spacial score (nSPS) is 10.8. The molecular weight excluding hydrogens is 248 g/mol. The molecule has 0 atom stereocenters. The maximum Gasteiger partial charge on any atom is 0.306 e. The SMILES string of the molecule is O=C(O)CCCCCCCCC(=O)OC/C=C/CO. The van der Waals surface area contributed by atoms with Gasteiger partial charge < -0.3 is 14.9 Å². The number of hydrogen-bond acceptors (Lipinski definition) is 4. The summed E-state index contributed by atoms with van der Waals surface area (Å²) in [5.74, 6) is -0.952. The van der Waals surface area contributed by atoms with E-state index in [1.807, 2.05) is 0 Å². The maximum absolute atomic E-state index is 11.2. The summed E-state index contributed by atoms with van der Waals surface area (Å²) in [7, 11) is 0. The van der Waals surface area contributed by atoms with Gasteiger partial charge in [0.15, 0.2) is 0 Å². The first-order chi connectivity index (χ1) is 9.16. The smallest absolute Gasteiger partial charge is 0.306 e. The largest absolute Gasteiger partial charge is 0.481 e. The predicted octanol–water partition coefficient (Wildman–Crippen LogP) is 2.28. The van der Waals surface area contributed by atoms with Crippen molar-refractivity contribution in [1.82, 2.24) is 0 Å². The van der Waals surface area contributed by atoms with Gasteiger partial charge in [0.1, 0.15) is 6.61 Å². The van der Waals surface area contributed by atoms with Gasteiger partial charge in [-0.2, -0.15) is 0 Å². The van der Waals surface area contributed by atoms with Gasteiger partial charge in [-0.05, 0) is 18.9 Å². The topological polar surface area (TPSA) is 83.8 Å². The molecule has 0 saturated heterocycles. The quantitative estimate of drug-likeness (QED) is 0.323. The standard InChI is InChI=1S/C14H24O5/c15-11-7-8-12-19-14(18)10-6-4-2-1-3-5-9-13(16)17/h7-8,15H,1-6,9-12H2,(H,16,17)/b8-7+. The first kappa shape index (κ1) is 17.6. The number of carboxylic acids is 1. The van der Waals surface area contributed by atoms with E-state index < -0.39 is 5.97 Å². The zero-order valence-electron chi connectivity index (χ0n) is 11.3. The highest BCUT2D eigenvalue weighted by atomic mass is 16.5. The summed E-state index contributed by atoms with van der Waals surface area (Å²) in [5.41, 5.74) is 0. The van der Waals surface area contributed by atoms with Crippen LogP contribution >= 0.6 is 0 Å². The van der Waals surface area contributed by atoms with E-state index >= 15 is 0 Å². The molecule has 0 unspecified atom stereocenters. The second-order valence-electron chi connectivity index (χ2n) is 4.35. The Hall–Kier alpha value is -1.36. The van der Waals surface area contributed by atoms with Crippen LogP contribution < -0.4 is 0 Å². The molecule has 0 aliphatic heterocycles. The molecule has 5 heteroatoms. The molecule has 0 fully saturated rings. The van der Waals surface area contributed by atoms with Crippen molar-refractivity contribution in [3.63, 3.8) is 0 Å². The van der Waals surface area contributed by atoms with Gasteiger partial charge in [0.05, 0.1) is 6.61 Å². The molecule has 0 saturated carbocycles. The Morgan fingerprint density at radius 1 is 0.895 bits per heavy atom. The fourth-order valence-corrected chi connectivity index (χ4v) is 1.61. The van der Waals surface area contributed by atoms with Crippen LogP contribution in [0, 0.1) is 0 Å². The molecule has 0 amide bonds. The van der Waals surface area contributed by atoms with Crippen LogP contribution in [0.2, 0.25) is 0 Å². The molecule has 0 radical (unpaired) electrons. The summed E-state index contributed by atoms with van der Waals surface area (Å²) < 4.78 is 4.91. The third-order valence-electron chi connectivity index (χ3n) is 2.63. The van der Waals surface area contributed by atoms with Crippen molar-refractivity contribution in [1.29, 1.82) is 0 Å². The molecule has 0 rings (SSSR count). The number of ether oxygens (including phenoxy) is 1. The van der Waals surface area contributed by atoms with Crippen molar-refractivity contribution in [3.05, 3.63) is 12.2 Å². The van der Waals surface area contributed by atoms with Crippen molar-refractivity contribution in [2.45, 2.75) is 51.4 Å². The van der Waals surface area contributed by atoms with Gasteiger partial charge in [-0.25, -0.2) is 0 Å². The molecule has 0 heterocycles. The number of aliphatic hydroxyl groups is 1. The number of unbranched alkanes of at least 4 members (excludes halogenated alkanes) is 5. The van der Waals surface area contributed by atoms with Crippen molar-refractivity contribution < 1.29 is 24.5 Å². The molecule has 0 aliphatic rings. The highest BCUT2D eigenvalue weighted by Crippen LogP contribution is 2.09. The molecule has 0 spiro atoms. The van der Waals surface area contributed by atoms with Gasteiger partial charge in [0.2, 0.25) is 0 Å². The van der Waals surface area contributed by atoms with E-state index in [9.17, 15) is 9.59 Å². The van der Waals surface area contributed by atoms with Crippen molar-refractivity contribution >= 4 is 11.9 Å². The van der Waals surface area contributed by atoms with Crippen LogP contribution in [0.15, 0.2) is 12.2 Å². The Labute approximate surface area is 114 Å². The maximum atomic E-state index is 11.2. The van der Waals surface area contributed by atoms with E-state index in [-0.39, 0.29) is 25.6 Å². The minimum Gasteiger partial charge on any atom is -0.481 e.